The van der Waals surface area contributed by atoms with E-state index >= 15 is 0 Å². The first-order chi connectivity index (χ1) is 14.0. The van der Waals surface area contributed by atoms with Crippen LogP contribution in [0.4, 0.5) is 0 Å². The van der Waals surface area contributed by atoms with Crippen molar-refractivity contribution in [2.24, 2.45) is 0 Å². The van der Waals surface area contributed by atoms with Crippen molar-refractivity contribution in [3.05, 3.63) is 82.5 Å². The van der Waals surface area contributed by atoms with E-state index in [1.54, 1.807) is 42.5 Å². The summed E-state index contributed by atoms with van der Waals surface area (Å²) >= 11 is 5.87. The fourth-order valence-electron chi connectivity index (χ4n) is 3.32. The largest absolute Gasteiger partial charge is 0.454 e. The molecule has 5 nitrogen and oxygen atoms in total. The first-order valence-corrected chi connectivity index (χ1v) is 9.77. The summed E-state index contributed by atoms with van der Waals surface area (Å²) in [6, 6.07) is 12.8. The molecule has 0 spiro atoms. The molecule has 2 N–H and O–H groups in total. The molecule has 0 bridgehead atoms. The van der Waals surface area contributed by atoms with E-state index in [1.165, 1.54) is 0 Å². The molecule has 2 aromatic carbocycles. The zero-order valence-corrected chi connectivity index (χ0v) is 16.8. The van der Waals surface area contributed by atoms with Gasteiger partial charge in [0.05, 0.1) is 11.1 Å². The lowest BCUT2D eigenvalue weighted by molar-refractivity contribution is -0.122. The number of benzene rings is 2. The quantitative estimate of drug-likeness (QED) is 0.535. The molecule has 1 aliphatic heterocycles. The molecular weight excluding hydrogens is 388 g/mol. The third-order valence-electron chi connectivity index (χ3n) is 5.18. The number of rotatable bonds is 6. The second-order valence-corrected chi connectivity index (χ2v) is 7.67. The van der Waals surface area contributed by atoms with E-state index in [-0.39, 0.29) is 12.7 Å². The molecule has 6 heteroatoms. The molecular formula is C23H21ClN2O3. The van der Waals surface area contributed by atoms with Crippen LogP contribution in [0.2, 0.25) is 5.02 Å². The highest BCUT2D eigenvalue weighted by atomic mass is 35.5. The molecule has 2 aromatic rings. The van der Waals surface area contributed by atoms with Crippen molar-refractivity contribution in [2.45, 2.75) is 25.2 Å². The molecule has 0 radical (unpaired) electrons. The van der Waals surface area contributed by atoms with Gasteiger partial charge in [0.2, 0.25) is 12.7 Å². The SMILES string of the molecule is C/C(=C\C=C/C(=N)c1ccc(Cl)cc1)NC(=O)C1(c2ccc3c(c2)OCO3)CC1. The summed E-state index contributed by atoms with van der Waals surface area (Å²) < 4.78 is 10.8. The molecule has 1 aliphatic carbocycles. The first kappa shape index (κ1) is 19.3. The summed E-state index contributed by atoms with van der Waals surface area (Å²) in [5.74, 6) is 1.39. The van der Waals surface area contributed by atoms with Gasteiger partial charge >= 0.3 is 0 Å². The number of carbonyl (C=O) groups is 1. The molecule has 1 fully saturated rings. The summed E-state index contributed by atoms with van der Waals surface area (Å²) in [7, 11) is 0. The Morgan fingerprint density at radius 3 is 2.59 bits per heavy atom. The van der Waals surface area contributed by atoms with Gasteiger partial charge in [0.1, 0.15) is 0 Å². The average Bonchev–Trinajstić information content (AvgIpc) is 3.39. The van der Waals surface area contributed by atoms with Crippen LogP contribution in [0.25, 0.3) is 0 Å². The minimum Gasteiger partial charge on any atom is -0.454 e. The van der Waals surface area contributed by atoms with Crippen LogP contribution in [0.1, 0.15) is 30.9 Å². The lowest BCUT2D eigenvalue weighted by atomic mass is 9.94. The maximum absolute atomic E-state index is 12.9. The van der Waals surface area contributed by atoms with Gasteiger partial charge in [0.25, 0.3) is 0 Å². The smallest absolute Gasteiger partial charge is 0.234 e. The van der Waals surface area contributed by atoms with Crippen molar-refractivity contribution in [2.75, 3.05) is 6.79 Å². The normalized spacial score (nSPS) is 16.7. The van der Waals surface area contributed by atoms with Crippen molar-refractivity contribution in [3.8, 4) is 11.5 Å². The van der Waals surface area contributed by atoms with E-state index in [0.717, 1.165) is 29.7 Å². The molecule has 29 heavy (non-hydrogen) atoms. The lowest BCUT2D eigenvalue weighted by Gasteiger charge is -2.16. The lowest BCUT2D eigenvalue weighted by Crippen LogP contribution is -2.33. The second kappa shape index (κ2) is 7.76. The number of fused-ring (bicyclic) bond motifs is 1. The van der Waals surface area contributed by atoms with Gasteiger partial charge in [-0.05, 0) is 67.3 Å². The number of halogens is 1. The highest BCUT2D eigenvalue weighted by Gasteiger charge is 2.51. The summed E-state index contributed by atoms with van der Waals surface area (Å²) in [6.45, 7) is 2.06. The van der Waals surface area contributed by atoms with Gasteiger partial charge in [-0.2, -0.15) is 0 Å². The number of nitrogens with one attached hydrogen (secondary N) is 2. The van der Waals surface area contributed by atoms with Gasteiger partial charge in [0, 0.05) is 10.7 Å². The molecule has 148 valence electrons. The second-order valence-electron chi connectivity index (χ2n) is 7.23. The van der Waals surface area contributed by atoms with Crippen molar-refractivity contribution >= 4 is 23.2 Å². The number of hydrogen-bond acceptors (Lipinski definition) is 4. The van der Waals surface area contributed by atoms with E-state index in [2.05, 4.69) is 5.32 Å². The van der Waals surface area contributed by atoms with Gasteiger partial charge in [-0.15, -0.1) is 0 Å². The number of hydrogen-bond donors (Lipinski definition) is 2. The third-order valence-corrected chi connectivity index (χ3v) is 5.44. The zero-order valence-electron chi connectivity index (χ0n) is 16.0. The minimum atomic E-state index is -0.504. The maximum atomic E-state index is 12.9. The number of amides is 1. The summed E-state index contributed by atoms with van der Waals surface area (Å²) in [5.41, 5.74) is 2.32. The van der Waals surface area contributed by atoms with E-state index in [9.17, 15) is 4.79 Å². The molecule has 1 heterocycles. The number of allylic oxidation sites excluding steroid dienone is 4. The molecule has 1 saturated carbocycles. The number of ether oxygens (including phenoxy) is 2. The third kappa shape index (κ3) is 4.05. The number of carbonyl (C=O) groups excluding carboxylic acids is 1. The van der Waals surface area contributed by atoms with Gasteiger partial charge in [0.15, 0.2) is 11.5 Å². The Labute approximate surface area is 174 Å². The van der Waals surface area contributed by atoms with Crippen molar-refractivity contribution in [1.82, 2.24) is 5.32 Å². The minimum absolute atomic E-state index is 0.0220. The highest BCUT2D eigenvalue weighted by molar-refractivity contribution is 6.30. The van der Waals surface area contributed by atoms with Crippen LogP contribution < -0.4 is 14.8 Å². The van der Waals surface area contributed by atoms with Crippen molar-refractivity contribution < 1.29 is 14.3 Å². The Kier molecular flexibility index (Phi) is 5.16. The Morgan fingerprint density at radius 2 is 1.86 bits per heavy atom. The molecule has 4 rings (SSSR count). The zero-order chi connectivity index (χ0) is 20.4. The molecule has 0 saturated heterocycles. The van der Waals surface area contributed by atoms with E-state index in [0.29, 0.717) is 22.2 Å². The topological polar surface area (TPSA) is 71.4 Å². The van der Waals surface area contributed by atoms with Gasteiger partial charge in [-0.3, -0.25) is 4.79 Å². The predicted molar refractivity (Wildman–Crippen MR) is 113 cm³/mol. The van der Waals surface area contributed by atoms with Crippen LogP contribution in [-0.2, 0) is 10.2 Å². The molecule has 0 unspecified atom stereocenters. The van der Waals surface area contributed by atoms with Crippen LogP contribution in [0.3, 0.4) is 0 Å². The Balaban J connectivity index is 1.40. The first-order valence-electron chi connectivity index (χ1n) is 9.39. The van der Waals surface area contributed by atoms with E-state index < -0.39 is 5.41 Å². The van der Waals surface area contributed by atoms with Crippen molar-refractivity contribution in [3.63, 3.8) is 0 Å². The van der Waals surface area contributed by atoms with Crippen LogP contribution in [0, 0.1) is 5.41 Å². The Bertz CT molecular complexity index is 1020. The highest BCUT2D eigenvalue weighted by Crippen LogP contribution is 2.50. The summed E-state index contributed by atoms with van der Waals surface area (Å²) in [6.07, 6.45) is 6.85. The molecule has 0 aromatic heterocycles. The standard InChI is InChI=1S/C23H21ClN2O3/c1-15(3-2-4-19(25)16-5-8-18(24)9-6-16)26-22(27)23(11-12-23)17-7-10-20-21(13-17)29-14-28-20/h2-10,13,25H,11-12,14H2,1H3,(H,26,27)/b4-2-,15-3+,25-19?. The predicted octanol–water partition coefficient (Wildman–Crippen LogP) is 4.74. The fraction of sp³-hybridized carbons (Fsp3) is 0.217. The van der Waals surface area contributed by atoms with Crippen LogP contribution in [0.5, 0.6) is 11.5 Å². The Morgan fingerprint density at radius 1 is 1.14 bits per heavy atom. The molecule has 2 aliphatic rings. The molecule has 0 atom stereocenters. The van der Waals surface area contributed by atoms with Gasteiger partial charge < -0.3 is 20.2 Å². The van der Waals surface area contributed by atoms with Crippen molar-refractivity contribution in [1.29, 1.82) is 5.41 Å². The average molecular weight is 409 g/mol. The van der Waals surface area contributed by atoms with Gasteiger partial charge in [-0.25, -0.2) is 0 Å². The molecule has 1 amide bonds. The van der Waals surface area contributed by atoms with E-state index in [1.807, 2.05) is 25.1 Å². The summed E-state index contributed by atoms with van der Waals surface area (Å²) in [4.78, 5) is 12.9. The summed E-state index contributed by atoms with van der Waals surface area (Å²) in [5, 5.41) is 11.7. The van der Waals surface area contributed by atoms with Crippen LogP contribution in [-0.4, -0.2) is 18.4 Å². The van der Waals surface area contributed by atoms with E-state index in [4.69, 9.17) is 26.5 Å². The van der Waals surface area contributed by atoms with Crippen LogP contribution >= 0.6 is 11.6 Å². The van der Waals surface area contributed by atoms with Crippen LogP contribution in [0.15, 0.2) is 66.4 Å². The van der Waals surface area contributed by atoms with Gasteiger partial charge in [-0.1, -0.05) is 35.9 Å². The monoisotopic (exact) mass is 408 g/mol. The fourth-order valence-corrected chi connectivity index (χ4v) is 3.45. The maximum Gasteiger partial charge on any atom is 0.234 e. The Hall–Kier alpha value is -3.05.